The molecule has 0 amide bonds. The fourth-order valence-electron chi connectivity index (χ4n) is 1.85. The Hall–Kier alpha value is -2.63. The van der Waals surface area contributed by atoms with E-state index < -0.39 is 0 Å². The monoisotopic (exact) mass is 255 g/mol. The number of nitrogens with one attached hydrogen (secondary N) is 1. The maximum Gasteiger partial charge on any atom is 0.256 e. The lowest BCUT2D eigenvalue weighted by Crippen LogP contribution is -2.00. The largest absolute Gasteiger partial charge is 0.497 e. The highest BCUT2D eigenvalue weighted by Gasteiger charge is 2.05. The fraction of sp³-hybridized carbons (Fsp3) is 0.154. The van der Waals surface area contributed by atoms with Crippen LogP contribution < -0.4 is 10.1 Å². The second kappa shape index (κ2) is 4.56. The Kier molecular flexibility index (Phi) is 2.75. The predicted octanol–water partition coefficient (Wildman–Crippen LogP) is 2.18. The lowest BCUT2D eigenvalue weighted by molar-refractivity contribution is 0.415. The first-order valence-corrected chi connectivity index (χ1v) is 5.85. The zero-order valence-electron chi connectivity index (χ0n) is 10.7. The van der Waals surface area contributed by atoms with Crippen molar-refractivity contribution in [1.29, 1.82) is 0 Å². The van der Waals surface area contributed by atoms with Gasteiger partial charge in [0.1, 0.15) is 17.9 Å². The fourth-order valence-corrected chi connectivity index (χ4v) is 1.85. The average Bonchev–Trinajstić information content (AvgIpc) is 2.88. The number of nitrogens with zero attached hydrogens (tertiary/aromatic N) is 4. The van der Waals surface area contributed by atoms with Gasteiger partial charge in [-0.05, 0) is 31.2 Å². The van der Waals surface area contributed by atoms with Crippen molar-refractivity contribution in [3.8, 4) is 5.75 Å². The normalized spacial score (nSPS) is 10.6. The molecule has 0 aliphatic rings. The molecular weight excluding hydrogens is 242 g/mol. The molecule has 0 bridgehead atoms. The van der Waals surface area contributed by atoms with Gasteiger partial charge in [-0.2, -0.15) is 0 Å². The molecule has 2 aromatic heterocycles. The molecule has 6 heteroatoms. The molecule has 3 rings (SSSR count). The van der Waals surface area contributed by atoms with E-state index in [0.29, 0.717) is 5.78 Å². The number of hydrogen-bond donors (Lipinski definition) is 1. The van der Waals surface area contributed by atoms with Gasteiger partial charge in [0.2, 0.25) is 0 Å². The summed E-state index contributed by atoms with van der Waals surface area (Å²) in [4.78, 5) is 4.29. The van der Waals surface area contributed by atoms with E-state index in [0.717, 1.165) is 22.9 Å². The molecule has 0 radical (unpaired) electrons. The van der Waals surface area contributed by atoms with Crippen molar-refractivity contribution in [3.05, 3.63) is 42.4 Å². The van der Waals surface area contributed by atoms with Crippen LogP contribution in [0, 0.1) is 6.92 Å². The van der Waals surface area contributed by atoms with Crippen LogP contribution in [0.2, 0.25) is 0 Å². The van der Waals surface area contributed by atoms with E-state index in [2.05, 4.69) is 20.5 Å². The number of anilines is 2. The molecule has 0 saturated heterocycles. The minimum absolute atomic E-state index is 0.580. The van der Waals surface area contributed by atoms with Crippen molar-refractivity contribution in [2.75, 3.05) is 12.4 Å². The minimum Gasteiger partial charge on any atom is -0.497 e. The number of hydrogen-bond acceptors (Lipinski definition) is 5. The quantitative estimate of drug-likeness (QED) is 0.777. The molecule has 19 heavy (non-hydrogen) atoms. The molecule has 0 atom stereocenters. The highest BCUT2D eigenvalue weighted by Crippen LogP contribution is 2.20. The molecule has 0 fully saturated rings. The van der Waals surface area contributed by atoms with Crippen molar-refractivity contribution in [1.82, 2.24) is 19.6 Å². The van der Waals surface area contributed by atoms with Crippen molar-refractivity contribution >= 4 is 17.3 Å². The van der Waals surface area contributed by atoms with E-state index >= 15 is 0 Å². The average molecular weight is 255 g/mol. The van der Waals surface area contributed by atoms with Crippen LogP contribution in [-0.2, 0) is 0 Å². The number of aryl methyl sites for hydroxylation is 1. The van der Waals surface area contributed by atoms with Crippen LogP contribution in [0.15, 0.2) is 36.7 Å². The standard InChI is InChI=1S/C13H13N5O/c1-9-7-12(18-8-14-17-13(18)15-9)16-10-3-5-11(19-2)6-4-10/h3-8,16H,1-2H3. The number of methoxy groups -OCH3 is 1. The van der Waals surface area contributed by atoms with E-state index in [1.54, 1.807) is 17.8 Å². The lowest BCUT2D eigenvalue weighted by atomic mass is 10.3. The summed E-state index contributed by atoms with van der Waals surface area (Å²) in [6.07, 6.45) is 1.63. The molecule has 0 aliphatic heterocycles. The summed E-state index contributed by atoms with van der Waals surface area (Å²) in [5.74, 6) is 2.28. The van der Waals surface area contributed by atoms with Crippen molar-refractivity contribution in [2.45, 2.75) is 6.92 Å². The van der Waals surface area contributed by atoms with E-state index in [4.69, 9.17) is 4.74 Å². The summed E-state index contributed by atoms with van der Waals surface area (Å²) in [6.45, 7) is 1.92. The summed E-state index contributed by atoms with van der Waals surface area (Å²) < 4.78 is 6.94. The summed E-state index contributed by atoms with van der Waals surface area (Å²) in [6, 6.07) is 9.65. The van der Waals surface area contributed by atoms with E-state index in [9.17, 15) is 0 Å². The van der Waals surface area contributed by atoms with Gasteiger partial charge < -0.3 is 10.1 Å². The van der Waals surface area contributed by atoms with Gasteiger partial charge in [-0.15, -0.1) is 10.2 Å². The SMILES string of the molecule is COc1ccc(Nc2cc(C)nc3nncn23)cc1. The zero-order chi connectivity index (χ0) is 13.2. The van der Waals surface area contributed by atoms with Crippen LogP contribution in [0.3, 0.4) is 0 Å². The van der Waals surface area contributed by atoms with Gasteiger partial charge in [-0.3, -0.25) is 4.40 Å². The van der Waals surface area contributed by atoms with Gasteiger partial charge in [0.05, 0.1) is 7.11 Å². The van der Waals surface area contributed by atoms with E-state index in [1.165, 1.54) is 0 Å². The van der Waals surface area contributed by atoms with Crippen LogP contribution in [-0.4, -0.2) is 26.7 Å². The predicted molar refractivity (Wildman–Crippen MR) is 71.8 cm³/mol. The van der Waals surface area contributed by atoms with Crippen molar-refractivity contribution < 1.29 is 4.74 Å². The highest BCUT2D eigenvalue weighted by atomic mass is 16.5. The van der Waals surface area contributed by atoms with Gasteiger partial charge in [0.15, 0.2) is 0 Å². The molecule has 6 nitrogen and oxygen atoms in total. The molecule has 3 aromatic rings. The minimum atomic E-state index is 0.580. The molecule has 1 N–H and O–H groups in total. The molecule has 0 aliphatic carbocycles. The first-order valence-electron chi connectivity index (χ1n) is 5.85. The van der Waals surface area contributed by atoms with Crippen LogP contribution in [0.25, 0.3) is 5.78 Å². The summed E-state index contributed by atoms with van der Waals surface area (Å²) in [5, 5.41) is 11.1. The van der Waals surface area contributed by atoms with Gasteiger partial charge >= 0.3 is 0 Å². The molecule has 2 heterocycles. The van der Waals surface area contributed by atoms with Crippen LogP contribution in [0.4, 0.5) is 11.5 Å². The van der Waals surface area contributed by atoms with Gasteiger partial charge in [0.25, 0.3) is 5.78 Å². The third-order valence-electron chi connectivity index (χ3n) is 2.77. The Morgan fingerprint density at radius 1 is 1.21 bits per heavy atom. The number of fused-ring (bicyclic) bond motifs is 1. The lowest BCUT2D eigenvalue weighted by Gasteiger charge is -2.09. The first kappa shape index (κ1) is 11.5. The topological polar surface area (TPSA) is 64.3 Å². The summed E-state index contributed by atoms with van der Waals surface area (Å²) in [5.41, 5.74) is 1.85. The molecule has 0 spiro atoms. The van der Waals surface area contributed by atoms with Crippen LogP contribution in [0.5, 0.6) is 5.75 Å². The Morgan fingerprint density at radius 3 is 2.74 bits per heavy atom. The zero-order valence-corrected chi connectivity index (χ0v) is 10.7. The molecule has 0 unspecified atom stereocenters. The van der Waals surface area contributed by atoms with Gasteiger partial charge in [0, 0.05) is 17.4 Å². The van der Waals surface area contributed by atoms with Crippen LogP contribution >= 0.6 is 0 Å². The van der Waals surface area contributed by atoms with Gasteiger partial charge in [-0.1, -0.05) is 0 Å². The second-order valence-corrected chi connectivity index (χ2v) is 4.14. The first-order chi connectivity index (χ1) is 9.26. The van der Waals surface area contributed by atoms with Crippen molar-refractivity contribution in [2.24, 2.45) is 0 Å². The molecular formula is C13H13N5O. The number of ether oxygens (including phenoxy) is 1. The number of benzene rings is 1. The number of rotatable bonds is 3. The Labute approximate surface area is 110 Å². The molecule has 96 valence electrons. The second-order valence-electron chi connectivity index (χ2n) is 4.14. The Morgan fingerprint density at radius 2 is 2.00 bits per heavy atom. The van der Waals surface area contributed by atoms with E-state index in [-0.39, 0.29) is 0 Å². The maximum atomic E-state index is 5.13. The van der Waals surface area contributed by atoms with Crippen molar-refractivity contribution in [3.63, 3.8) is 0 Å². The number of aromatic nitrogens is 4. The summed E-state index contributed by atoms with van der Waals surface area (Å²) in [7, 11) is 1.65. The smallest absolute Gasteiger partial charge is 0.256 e. The van der Waals surface area contributed by atoms with Crippen LogP contribution in [0.1, 0.15) is 5.69 Å². The van der Waals surface area contributed by atoms with E-state index in [1.807, 2.05) is 37.3 Å². The molecule has 1 aromatic carbocycles. The highest BCUT2D eigenvalue weighted by molar-refractivity contribution is 5.59. The Bertz CT molecular complexity index is 705. The molecule has 0 saturated carbocycles. The third-order valence-corrected chi connectivity index (χ3v) is 2.77. The summed E-state index contributed by atoms with van der Waals surface area (Å²) >= 11 is 0. The third kappa shape index (κ3) is 2.20. The Balaban J connectivity index is 1.97. The van der Waals surface area contributed by atoms with Gasteiger partial charge in [-0.25, -0.2) is 4.98 Å². The maximum absolute atomic E-state index is 5.13.